The number of hydrogen-bond donors (Lipinski definition) is 0. The first kappa shape index (κ1) is 17.7. The average Bonchev–Trinajstić information content (AvgIpc) is 2.96. The van der Waals surface area contributed by atoms with Crippen LogP contribution in [-0.2, 0) is 6.54 Å². The Labute approximate surface area is 170 Å². The number of imidazole rings is 1. The molecule has 3 aromatic carbocycles. The predicted octanol–water partition coefficient (Wildman–Crippen LogP) is 7.37. The normalized spacial score (nSPS) is 11.2. The Morgan fingerprint density at radius 3 is 1.92 bits per heavy atom. The molecule has 0 bridgehead atoms. The van der Waals surface area contributed by atoms with Crippen LogP contribution in [0.4, 0.5) is 0 Å². The van der Waals surface area contributed by atoms with Crippen LogP contribution in [0.15, 0.2) is 60.7 Å². The molecule has 0 unspecified atom stereocenters. The summed E-state index contributed by atoms with van der Waals surface area (Å²) in [6.45, 7) is 0.454. The van der Waals surface area contributed by atoms with Crippen molar-refractivity contribution in [1.29, 1.82) is 0 Å². The molecule has 1 heterocycles. The zero-order valence-electron chi connectivity index (χ0n) is 13.4. The van der Waals surface area contributed by atoms with Gasteiger partial charge >= 0.3 is 0 Å². The van der Waals surface area contributed by atoms with Gasteiger partial charge in [-0.2, -0.15) is 0 Å². The van der Waals surface area contributed by atoms with E-state index in [0.717, 1.165) is 16.6 Å². The maximum Gasteiger partial charge on any atom is 0.144 e. The van der Waals surface area contributed by atoms with Crippen molar-refractivity contribution in [3.8, 4) is 11.4 Å². The number of fused-ring (bicyclic) bond motifs is 1. The van der Waals surface area contributed by atoms with Crippen molar-refractivity contribution in [2.75, 3.05) is 0 Å². The highest BCUT2D eigenvalue weighted by atomic mass is 35.5. The van der Waals surface area contributed by atoms with Gasteiger partial charge < -0.3 is 4.57 Å². The molecule has 0 aliphatic rings. The molecule has 0 aliphatic carbocycles. The van der Waals surface area contributed by atoms with Gasteiger partial charge in [0.2, 0.25) is 0 Å². The van der Waals surface area contributed by atoms with Gasteiger partial charge in [0.25, 0.3) is 0 Å². The highest BCUT2D eigenvalue weighted by molar-refractivity contribution is 6.39. The first-order valence-corrected chi connectivity index (χ1v) is 9.40. The molecule has 130 valence electrons. The van der Waals surface area contributed by atoms with Gasteiger partial charge in [-0.3, -0.25) is 0 Å². The Bertz CT molecular complexity index is 1080. The Morgan fingerprint density at radius 2 is 1.27 bits per heavy atom. The topological polar surface area (TPSA) is 17.8 Å². The van der Waals surface area contributed by atoms with E-state index in [1.165, 1.54) is 0 Å². The van der Waals surface area contributed by atoms with Gasteiger partial charge in [-0.25, -0.2) is 4.98 Å². The second-order valence-electron chi connectivity index (χ2n) is 5.81. The van der Waals surface area contributed by atoms with Crippen molar-refractivity contribution in [2.45, 2.75) is 6.54 Å². The molecule has 0 saturated heterocycles. The van der Waals surface area contributed by atoms with Crippen LogP contribution < -0.4 is 0 Å². The van der Waals surface area contributed by atoms with Crippen LogP contribution in [0.2, 0.25) is 20.1 Å². The zero-order valence-corrected chi connectivity index (χ0v) is 16.4. The molecule has 4 aromatic rings. The maximum atomic E-state index is 6.44. The second kappa shape index (κ2) is 7.13. The Morgan fingerprint density at radius 1 is 0.692 bits per heavy atom. The van der Waals surface area contributed by atoms with Gasteiger partial charge in [0.05, 0.1) is 33.2 Å². The van der Waals surface area contributed by atoms with E-state index in [4.69, 9.17) is 51.4 Å². The number of halogens is 4. The van der Waals surface area contributed by atoms with Crippen LogP contribution >= 0.6 is 46.4 Å². The third kappa shape index (κ3) is 3.08. The highest BCUT2D eigenvalue weighted by Gasteiger charge is 2.19. The number of aromatic nitrogens is 2. The summed E-state index contributed by atoms with van der Waals surface area (Å²) in [5.74, 6) is 0.679. The van der Waals surface area contributed by atoms with Gasteiger partial charge in [-0.1, -0.05) is 70.7 Å². The van der Waals surface area contributed by atoms with Crippen LogP contribution in [-0.4, -0.2) is 9.55 Å². The lowest BCUT2D eigenvalue weighted by Gasteiger charge is -2.14. The van der Waals surface area contributed by atoms with Gasteiger partial charge in [-0.15, -0.1) is 0 Å². The Kier molecular flexibility index (Phi) is 4.85. The molecular formula is C20H12Cl4N2. The summed E-state index contributed by atoms with van der Waals surface area (Å²) in [7, 11) is 0. The first-order valence-electron chi connectivity index (χ1n) is 7.89. The zero-order chi connectivity index (χ0) is 18.3. The summed E-state index contributed by atoms with van der Waals surface area (Å²) < 4.78 is 2.04. The van der Waals surface area contributed by atoms with Gasteiger partial charge in [-0.05, 0) is 36.4 Å². The molecule has 0 amide bonds. The van der Waals surface area contributed by atoms with Gasteiger partial charge in [0.1, 0.15) is 5.82 Å². The quantitative estimate of drug-likeness (QED) is 0.337. The lowest BCUT2D eigenvalue weighted by molar-refractivity contribution is 0.835. The summed E-state index contributed by atoms with van der Waals surface area (Å²) in [6.07, 6.45) is 0. The smallest absolute Gasteiger partial charge is 0.144 e. The molecule has 26 heavy (non-hydrogen) atoms. The van der Waals surface area contributed by atoms with Crippen molar-refractivity contribution in [3.05, 3.63) is 86.3 Å². The van der Waals surface area contributed by atoms with Gasteiger partial charge in [0.15, 0.2) is 0 Å². The Hall–Kier alpha value is -1.71. The third-order valence-electron chi connectivity index (χ3n) is 4.22. The molecule has 0 spiro atoms. The van der Waals surface area contributed by atoms with Crippen LogP contribution in [0.3, 0.4) is 0 Å². The maximum absolute atomic E-state index is 6.44. The van der Waals surface area contributed by atoms with E-state index in [1.807, 2.05) is 53.1 Å². The van der Waals surface area contributed by atoms with E-state index in [2.05, 4.69) is 0 Å². The first-order chi connectivity index (χ1) is 12.6. The highest BCUT2D eigenvalue weighted by Crippen LogP contribution is 2.37. The minimum Gasteiger partial charge on any atom is -0.319 e. The fraction of sp³-hybridized carbons (Fsp3) is 0.0500. The van der Waals surface area contributed by atoms with Crippen molar-refractivity contribution in [1.82, 2.24) is 9.55 Å². The van der Waals surface area contributed by atoms with E-state index < -0.39 is 0 Å². The molecule has 1 aromatic heterocycles. The van der Waals surface area contributed by atoms with Crippen molar-refractivity contribution in [2.24, 2.45) is 0 Å². The lowest BCUT2D eigenvalue weighted by Crippen LogP contribution is -2.04. The molecule has 0 fully saturated rings. The fourth-order valence-electron chi connectivity index (χ4n) is 2.98. The number of nitrogens with zero attached hydrogens (tertiary/aromatic N) is 2. The molecule has 6 heteroatoms. The van der Waals surface area contributed by atoms with E-state index in [-0.39, 0.29) is 0 Å². The van der Waals surface area contributed by atoms with Crippen LogP contribution in [0, 0.1) is 0 Å². The SMILES string of the molecule is Clc1cccc(Cl)c1Cn1c(-c2c(Cl)cccc2Cl)nc2ccccc21. The number of rotatable bonds is 3. The standard InChI is InChI=1S/C20H12Cl4N2/c21-13-5-3-6-14(22)12(13)11-26-18-10-2-1-9-17(18)25-20(26)19-15(23)7-4-8-16(19)24/h1-10H,11H2. The summed E-state index contributed by atoms with van der Waals surface area (Å²) in [5.41, 5.74) is 3.31. The van der Waals surface area contributed by atoms with E-state index in [9.17, 15) is 0 Å². The predicted molar refractivity (Wildman–Crippen MR) is 111 cm³/mol. The minimum atomic E-state index is 0.454. The third-order valence-corrected chi connectivity index (χ3v) is 5.56. The summed E-state index contributed by atoms with van der Waals surface area (Å²) in [6, 6.07) is 18.7. The van der Waals surface area contributed by atoms with E-state index >= 15 is 0 Å². The van der Waals surface area contributed by atoms with Crippen LogP contribution in [0.25, 0.3) is 22.4 Å². The summed E-state index contributed by atoms with van der Waals surface area (Å²) in [5, 5.41) is 2.29. The monoisotopic (exact) mass is 420 g/mol. The summed E-state index contributed by atoms with van der Waals surface area (Å²) in [4.78, 5) is 4.77. The average molecular weight is 422 g/mol. The van der Waals surface area contributed by atoms with Crippen molar-refractivity contribution in [3.63, 3.8) is 0 Å². The van der Waals surface area contributed by atoms with Crippen LogP contribution in [0.1, 0.15) is 5.56 Å². The molecule has 2 nitrogen and oxygen atoms in total. The molecule has 0 aliphatic heterocycles. The molecule has 0 N–H and O–H groups in total. The summed E-state index contributed by atoms with van der Waals surface area (Å²) >= 11 is 25.7. The number of benzene rings is 3. The van der Waals surface area contributed by atoms with Crippen molar-refractivity contribution >= 4 is 57.4 Å². The molecule has 0 saturated carbocycles. The number of hydrogen-bond acceptors (Lipinski definition) is 1. The molecule has 0 atom stereocenters. The van der Waals surface area contributed by atoms with E-state index in [1.54, 1.807) is 12.1 Å². The molecular weight excluding hydrogens is 410 g/mol. The minimum absolute atomic E-state index is 0.454. The number of para-hydroxylation sites is 2. The Balaban J connectivity index is 1.99. The fourth-order valence-corrected chi connectivity index (χ4v) is 4.06. The van der Waals surface area contributed by atoms with E-state index in [0.29, 0.717) is 38.0 Å². The molecule has 4 rings (SSSR count). The second-order valence-corrected chi connectivity index (χ2v) is 7.44. The van der Waals surface area contributed by atoms with Crippen molar-refractivity contribution < 1.29 is 0 Å². The largest absolute Gasteiger partial charge is 0.319 e. The van der Waals surface area contributed by atoms with Crippen LogP contribution in [0.5, 0.6) is 0 Å². The lowest BCUT2D eigenvalue weighted by atomic mass is 10.2. The van der Waals surface area contributed by atoms with Gasteiger partial charge in [0, 0.05) is 15.6 Å². The molecule has 0 radical (unpaired) electrons.